The highest BCUT2D eigenvalue weighted by Crippen LogP contribution is 2.38. The number of aliphatic hydroxyl groups excluding tert-OH is 2. The zero-order chi connectivity index (χ0) is 39.9. The average Bonchev–Trinajstić information content (AvgIpc) is 3.15. The first-order valence-electron chi connectivity index (χ1n) is 20.3. The van der Waals surface area contributed by atoms with E-state index >= 15 is 0 Å². The molecule has 1 amide bonds. The third kappa shape index (κ3) is 10.5. The van der Waals surface area contributed by atoms with Crippen molar-refractivity contribution in [2.75, 3.05) is 20.8 Å². The van der Waals surface area contributed by atoms with Gasteiger partial charge in [-0.15, -0.1) is 0 Å². The maximum atomic E-state index is 14.2. The molecule has 1 aliphatic carbocycles. The van der Waals surface area contributed by atoms with Crippen LogP contribution in [0.15, 0.2) is 23.3 Å². The number of hydrogen-bond donors (Lipinski definition) is 3. The Bertz CT molecular complexity index is 1380. The third-order valence-electron chi connectivity index (χ3n) is 12.6. The maximum absolute atomic E-state index is 14.2. The van der Waals surface area contributed by atoms with Crippen LogP contribution in [0.5, 0.6) is 0 Å². The number of fused-ring (bicyclic) bond motifs is 3. The number of aliphatic hydroxyl groups is 3. The van der Waals surface area contributed by atoms with E-state index in [2.05, 4.69) is 6.92 Å². The Hall–Kier alpha value is -2.48. The molecule has 306 valence electrons. The third-order valence-corrected chi connectivity index (χ3v) is 12.6. The molecule has 0 aromatic rings. The number of carbonyl (C=O) groups excluding carboxylic acids is 4. The molecule has 13 unspecified atom stereocenters. The van der Waals surface area contributed by atoms with Crippen LogP contribution >= 0.6 is 0 Å². The van der Waals surface area contributed by atoms with Gasteiger partial charge in [0.2, 0.25) is 5.79 Å². The number of methoxy groups -OCH3 is 2. The molecule has 2 saturated heterocycles. The number of Topliss-reactive ketones (excluding diaryl/α,β-unsaturated/α-hetero) is 2. The molecule has 4 rings (SSSR count). The zero-order valence-electron chi connectivity index (χ0n) is 33.8. The molecule has 2 bridgehead atoms. The van der Waals surface area contributed by atoms with Crippen molar-refractivity contribution in [3.63, 3.8) is 0 Å². The van der Waals surface area contributed by atoms with Crippen molar-refractivity contribution in [2.45, 2.75) is 167 Å². The Kier molecular flexibility index (Phi) is 16.0. The van der Waals surface area contributed by atoms with Crippen LogP contribution in [0.4, 0.5) is 0 Å². The van der Waals surface area contributed by atoms with Crippen LogP contribution in [0.1, 0.15) is 119 Å². The Morgan fingerprint density at radius 1 is 0.944 bits per heavy atom. The summed E-state index contributed by atoms with van der Waals surface area (Å²) in [7, 11) is 3.13. The lowest BCUT2D eigenvalue weighted by molar-refractivity contribution is -0.278. The largest absolute Gasteiger partial charge is 0.456 e. The van der Waals surface area contributed by atoms with Gasteiger partial charge in [0.05, 0.1) is 30.5 Å². The monoisotopic (exact) mass is 761 g/mol. The van der Waals surface area contributed by atoms with Gasteiger partial charge in [0.25, 0.3) is 11.7 Å². The molecule has 3 aliphatic heterocycles. The van der Waals surface area contributed by atoms with Crippen molar-refractivity contribution in [3.05, 3.63) is 23.3 Å². The molecule has 0 radical (unpaired) electrons. The molecular formula is C42H67NO11. The quantitative estimate of drug-likeness (QED) is 0.199. The van der Waals surface area contributed by atoms with E-state index in [0.717, 1.165) is 5.57 Å². The summed E-state index contributed by atoms with van der Waals surface area (Å²) < 4.78 is 23.8. The van der Waals surface area contributed by atoms with Crippen molar-refractivity contribution in [1.29, 1.82) is 0 Å². The summed E-state index contributed by atoms with van der Waals surface area (Å²) in [6, 6.07) is -1.10. The summed E-state index contributed by atoms with van der Waals surface area (Å²) >= 11 is 0. The summed E-state index contributed by atoms with van der Waals surface area (Å²) in [5.41, 5.74) is 1.70. The number of allylic oxidation sites excluding steroid dienone is 3. The smallest absolute Gasteiger partial charge is 0.329 e. The highest BCUT2D eigenvalue weighted by atomic mass is 16.7. The normalized spacial score (nSPS) is 40.3. The lowest BCUT2D eigenvalue weighted by atomic mass is 9.81. The minimum absolute atomic E-state index is 0.0123. The van der Waals surface area contributed by atoms with Gasteiger partial charge in [0.1, 0.15) is 17.9 Å². The first-order chi connectivity index (χ1) is 25.5. The van der Waals surface area contributed by atoms with Crippen LogP contribution in [-0.4, -0.2) is 113 Å². The number of esters is 1. The van der Waals surface area contributed by atoms with Gasteiger partial charge in [-0.2, -0.15) is 0 Å². The summed E-state index contributed by atoms with van der Waals surface area (Å²) in [5, 5.41) is 33.9. The highest BCUT2D eigenvalue weighted by molar-refractivity contribution is 6.39. The van der Waals surface area contributed by atoms with E-state index in [4.69, 9.17) is 18.9 Å². The number of ether oxygens (including phenoxy) is 4. The van der Waals surface area contributed by atoms with Crippen LogP contribution in [-0.2, 0) is 38.1 Å². The molecule has 0 aromatic carbocycles. The molecule has 12 nitrogen and oxygen atoms in total. The molecule has 3 fully saturated rings. The van der Waals surface area contributed by atoms with Gasteiger partial charge in [-0.1, -0.05) is 45.4 Å². The Balaban J connectivity index is 1.74. The number of nitrogens with zero attached hydrogens (tertiary/aromatic N) is 1. The van der Waals surface area contributed by atoms with E-state index in [0.29, 0.717) is 69.8 Å². The van der Waals surface area contributed by atoms with Gasteiger partial charge < -0.3 is 39.2 Å². The van der Waals surface area contributed by atoms with Crippen molar-refractivity contribution in [2.24, 2.45) is 29.6 Å². The van der Waals surface area contributed by atoms with Crippen molar-refractivity contribution in [1.82, 2.24) is 4.90 Å². The van der Waals surface area contributed by atoms with Gasteiger partial charge in [-0.3, -0.25) is 14.4 Å². The van der Waals surface area contributed by atoms with E-state index in [-0.39, 0.29) is 43.1 Å². The Labute approximate surface area is 322 Å². The lowest BCUT2D eigenvalue weighted by Crippen LogP contribution is -2.61. The first-order valence-corrected chi connectivity index (χ1v) is 20.3. The van der Waals surface area contributed by atoms with Crippen LogP contribution in [0.3, 0.4) is 0 Å². The molecule has 0 spiro atoms. The second-order valence-electron chi connectivity index (χ2n) is 16.8. The second kappa shape index (κ2) is 19.6. The lowest BCUT2D eigenvalue weighted by Gasteiger charge is -2.44. The van der Waals surface area contributed by atoms with E-state index in [9.17, 15) is 34.5 Å². The number of piperidine rings is 1. The molecule has 13 atom stereocenters. The predicted molar refractivity (Wildman–Crippen MR) is 202 cm³/mol. The predicted octanol–water partition coefficient (Wildman–Crippen LogP) is 4.85. The Morgan fingerprint density at radius 3 is 2.31 bits per heavy atom. The number of cyclic esters (lactones) is 1. The van der Waals surface area contributed by atoms with Gasteiger partial charge in [0.15, 0.2) is 0 Å². The number of rotatable bonds is 5. The molecule has 3 N–H and O–H groups in total. The second-order valence-corrected chi connectivity index (χ2v) is 16.8. The highest BCUT2D eigenvalue weighted by Gasteiger charge is 2.54. The summed E-state index contributed by atoms with van der Waals surface area (Å²) in [5.74, 6) is -7.01. The summed E-state index contributed by atoms with van der Waals surface area (Å²) in [4.78, 5) is 57.3. The minimum atomic E-state index is -2.40. The van der Waals surface area contributed by atoms with E-state index in [1.54, 1.807) is 28.1 Å². The SMILES string of the molecule is CCC1C=C(C)CC(C)CC(OC)C2CCC(C)C(O)(O2)C(=O)C(=O)N2CCCCC2C(=O)OC(C(C)=CC2CCC(O)C(OC)C2)C(C)C(O)CC1=O. The summed E-state index contributed by atoms with van der Waals surface area (Å²) in [6.45, 7) is 11.4. The average molecular weight is 762 g/mol. The van der Waals surface area contributed by atoms with Gasteiger partial charge in [-0.05, 0) is 102 Å². The maximum Gasteiger partial charge on any atom is 0.329 e. The van der Waals surface area contributed by atoms with Crippen molar-refractivity contribution in [3.8, 4) is 0 Å². The molecule has 1 saturated carbocycles. The molecule has 4 aliphatic rings. The van der Waals surface area contributed by atoms with Crippen LogP contribution in [0.25, 0.3) is 0 Å². The number of hydrogen-bond acceptors (Lipinski definition) is 11. The summed E-state index contributed by atoms with van der Waals surface area (Å²) in [6.07, 6.45) is 5.70. The molecule has 3 heterocycles. The van der Waals surface area contributed by atoms with E-state index < -0.39 is 77.8 Å². The van der Waals surface area contributed by atoms with Crippen LogP contribution in [0, 0.1) is 29.6 Å². The number of carbonyl (C=O) groups is 4. The van der Waals surface area contributed by atoms with Gasteiger partial charge in [0, 0.05) is 44.9 Å². The molecule has 0 aromatic heterocycles. The van der Waals surface area contributed by atoms with E-state index in [1.165, 1.54) is 4.90 Å². The fourth-order valence-corrected chi connectivity index (χ4v) is 9.12. The number of amides is 1. The van der Waals surface area contributed by atoms with Crippen LogP contribution < -0.4 is 0 Å². The van der Waals surface area contributed by atoms with Gasteiger partial charge >= 0.3 is 5.97 Å². The van der Waals surface area contributed by atoms with Gasteiger partial charge in [-0.25, -0.2) is 4.79 Å². The molecule has 54 heavy (non-hydrogen) atoms. The first kappa shape index (κ1) is 44.2. The fourth-order valence-electron chi connectivity index (χ4n) is 9.12. The molecule has 12 heteroatoms. The van der Waals surface area contributed by atoms with Crippen molar-refractivity contribution >= 4 is 23.4 Å². The standard InChI is InChI=1S/C42H67NO11/c1-9-30-19-24(2)18-25(3)20-37(52-8)35-16-13-27(5)42(50,54-35)39(47)40(48)43-17-11-10-12-31(43)41(49)53-38(28(6)33(45)23-34(30)46)26(4)21-29-14-15-32(44)36(22-29)51-7/h19,21,25,27-33,35-38,44-45,50H,9-18,20,22-23H2,1-8H3. The topological polar surface area (TPSA) is 169 Å². The fraction of sp³-hybridized carbons (Fsp3) is 0.810. The number of ketones is 2. The minimum Gasteiger partial charge on any atom is -0.456 e. The Morgan fingerprint density at radius 2 is 1.65 bits per heavy atom. The van der Waals surface area contributed by atoms with Crippen LogP contribution in [0.2, 0.25) is 0 Å². The zero-order valence-corrected chi connectivity index (χ0v) is 33.8. The molecular weight excluding hydrogens is 694 g/mol. The van der Waals surface area contributed by atoms with E-state index in [1.807, 2.05) is 32.9 Å². The van der Waals surface area contributed by atoms with Crippen molar-refractivity contribution < 1.29 is 53.4 Å².